The van der Waals surface area contributed by atoms with Crippen molar-refractivity contribution in [1.29, 1.82) is 0 Å². The zero-order valence-corrected chi connectivity index (χ0v) is 12.3. The molecule has 1 aliphatic carbocycles. The van der Waals surface area contributed by atoms with Crippen LogP contribution in [0.25, 0.3) is 0 Å². The Morgan fingerprint density at radius 2 is 2.05 bits per heavy atom. The number of aromatic nitrogens is 1. The number of pyridine rings is 1. The maximum atomic E-state index is 12.7. The van der Waals surface area contributed by atoms with Gasteiger partial charge in [-0.05, 0) is 49.3 Å². The second-order valence-electron chi connectivity index (χ2n) is 5.09. The molecular weight excluding hydrogens is 266 g/mol. The third-order valence-corrected chi connectivity index (χ3v) is 4.63. The molecule has 0 N–H and O–H groups in total. The summed E-state index contributed by atoms with van der Waals surface area (Å²) in [5, 5.41) is 0. The van der Waals surface area contributed by atoms with Gasteiger partial charge in [-0.3, -0.25) is 9.78 Å². The molecule has 3 rings (SSSR count). The Kier molecular flexibility index (Phi) is 3.88. The molecule has 0 saturated carbocycles. The first-order chi connectivity index (χ1) is 9.79. The first kappa shape index (κ1) is 13.4. The minimum Gasteiger partial charge on any atom is -0.293 e. The van der Waals surface area contributed by atoms with Crippen molar-refractivity contribution in [2.75, 3.05) is 6.26 Å². The van der Waals surface area contributed by atoms with Gasteiger partial charge in [0.15, 0.2) is 5.78 Å². The Balaban J connectivity index is 1.91. The standard InChI is InChI=1S/C17H17NOS/c1-20-14-9-7-13(8-10-14)17(19)15-6-2-4-12-5-3-11-18-16(12)15/h3,5,7-11,15H,2,4,6H2,1H3. The van der Waals surface area contributed by atoms with Gasteiger partial charge < -0.3 is 0 Å². The summed E-state index contributed by atoms with van der Waals surface area (Å²) in [7, 11) is 0. The Morgan fingerprint density at radius 3 is 2.80 bits per heavy atom. The normalized spacial score (nSPS) is 17.6. The van der Waals surface area contributed by atoms with Gasteiger partial charge in [0.05, 0.1) is 11.6 Å². The minimum atomic E-state index is -0.0694. The number of thioether (sulfide) groups is 1. The van der Waals surface area contributed by atoms with Crippen molar-refractivity contribution in [1.82, 2.24) is 4.98 Å². The zero-order chi connectivity index (χ0) is 13.9. The number of rotatable bonds is 3. The lowest BCUT2D eigenvalue weighted by atomic mass is 9.82. The van der Waals surface area contributed by atoms with E-state index in [-0.39, 0.29) is 11.7 Å². The molecule has 0 radical (unpaired) electrons. The molecule has 2 aromatic rings. The third-order valence-electron chi connectivity index (χ3n) is 3.89. The number of nitrogens with zero attached hydrogens (tertiary/aromatic N) is 1. The summed E-state index contributed by atoms with van der Waals surface area (Å²) >= 11 is 1.69. The molecule has 0 bridgehead atoms. The minimum absolute atomic E-state index is 0.0694. The Morgan fingerprint density at radius 1 is 1.25 bits per heavy atom. The van der Waals surface area contributed by atoms with Crippen LogP contribution in [0.2, 0.25) is 0 Å². The lowest BCUT2D eigenvalue weighted by Crippen LogP contribution is -2.20. The Hall–Kier alpha value is -1.61. The van der Waals surface area contributed by atoms with Crippen molar-refractivity contribution in [3.05, 3.63) is 59.4 Å². The first-order valence-electron chi connectivity index (χ1n) is 6.91. The highest BCUT2D eigenvalue weighted by atomic mass is 32.2. The highest BCUT2D eigenvalue weighted by molar-refractivity contribution is 7.98. The summed E-state index contributed by atoms with van der Waals surface area (Å²) in [6, 6.07) is 12.0. The fourth-order valence-electron chi connectivity index (χ4n) is 2.82. The molecule has 1 aromatic carbocycles. The molecular formula is C17H17NOS. The van der Waals surface area contributed by atoms with E-state index < -0.39 is 0 Å². The van der Waals surface area contributed by atoms with Crippen LogP contribution < -0.4 is 0 Å². The molecule has 0 spiro atoms. The zero-order valence-electron chi connectivity index (χ0n) is 11.5. The lowest BCUT2D eigenvalue weighted by Gasteiger charge is -2.23. The highest BCUT2D eigenvalue weighted by Crippen LogP contribution is 2.32. The average Bonchev–Trinajstić information content (AvgIpc) is 2.54. The van der Waals surface area contributed by atoms with Gasteiger partial charge in [0, 0.05) is 16.7 Å². The SMILES string of the molecule is CSc1ccc(C(=O)C2CCCc3cccnc32)cc1. The third kappa shape index (κ3) is 2.50. The van der Waals surface area contributed by atoms with E-state index in [1.54, 1.807) is 18.0 Å². The van der Waals surface area contributed by atoms with E-state index in [1.165, 1.54) is 10.5 Å². The second-order valence-corrected chi connectivity index (χ2v) is 5.96. The van der Waals surface area contributed by atoms with Gasteiger partial charge in [-0.2, -0.15) is 0 Å². The molecule has 3 heteroatoms. The number of carbonyl (C=O) groups is 1. The predicted octanol–water partition coefficient (Wildman–Crippen LogP) is 4.11. The molecule has 1 aromatic heterocycles. The molecule has 1 unspecified atom stereocenters. The van der Waals surface area contributed by atoms with Gasteiger partial charge in [0.1, 0.15) is 0 Å². The van der Waals surface area contributed by atoms with E-state index in [2.05, 4.69) is 11.1 Å². The van der Waals surface area contributed by atoms with Crippen LogP contribution in [0.3, 0.4) is 0 Å². The number of hydrogen-bond donors (Lipinski definition) is 0. The Bertz CT molecular complexity index is 621. The van der Waals surface area contributed by atoms with E-state index in [4.69, 9.17) is 0 Å². The maximum absolute atomic E-state index is 12.7. The van der Waals surface area contributed by atoms with Crippen molar-refractivity contribution in [2.24, 2.45) is 0 Å². The number of benzene rings is 1. The number of aryl methyl sites for hydroxylation is 1. The van der Waals surface area contributed by atoms with E-state index in [0.717, 1.165) is 30.5 Å². The van der Waals surface area contributed by atoms with Crippen molar-refractivity contribution in [2.45, 2.75) is 30.1 Å². The van der Waals surface area contributed by atoms with Crippen LogP contribution in [0.1, 0.15) is 40.4 Å². The molecule has 1 aliphatic rings. The predicted molar refractivity (Wildman–Crippen MR) is 82.5 cm³/mol. The van der Waals surface area contributed by atoms with Gasteiger partial charge in [0.25, 0.3) is 0 Å². The van der Waals surface area contributed by atoms with Crippen molar-refractivity contribution in [3.63, 3.8) is 0 Å². The van der Waals surface area contributed by atoms with Crippen LogP contribution >= 0.6 is 11.8 Å². The molecule has 102 valence electrons. The smallest absolute Gasteiger partial charge is 0.171 e. The number of carbonyl (C=O) groups excluding carboxylic acids is 1. The second kappa shape index (κ2) is 5.80. The number of Topliss-reactive ketones (excluding diaryl/α,β-unsaturated/α-hetero) is 1. The number of hydrogen-bond acceptors (Lipinski definition) is 3. The fourth-order valence-corrected chi connectivity index (χ4v) is 3.23. The molecule has 0 fully saturated rings. The van der Waals surface area contributed by atoms with Crippen LogP contribution in [-0.4, -0.2) is 17.0 Å². The molecule has 2 nitrogen and oxygen atoms in total. The van der Waals surface area contributed by atoms with Gasteiger partial charge in [-0.15, -0.1) is 11.8 Å². The topological polar surface area (TPSA) is 30.0 Å². The van der Waals surface area contributed by atoms with Gasteiger partial charge in [-0.1, -0.05) is 18.2 Å². The highest BCUT2D eigenvalue weighted by Gasteiger charge is 2.28. The first-order valence-corrected chi connectivity index (χ1v) is 8.14. The van der Waals surface area contributed by atoms with Gasteiger partial charge >= 0.3 is 0 Å². The summed E-state index contributed by atoms with van der Waals surface area (Å²) in [6.45, 7) is 0. The van der Waals surface area contributed by atoms with Crippen molar-refractivity contribution >= 4 is 17.5 Å². The molecule has 0 aliphatic heterocycles. The maximum Gasteiger partial charge on any atom is 0.171 e. The van der Waals surface area contributed by atoms with Crippen LogP contribution in [0.4, 0.5) is 0 Å². The van der Waals surface area contributed by atoms with Crippen LogP contribution in [-0.2, 0) is 6.42 Å². The molecule has 0 saturated heterocycles. The summed E-state index contributed by atoms with van der Waals surface area (Å²) in [5.74, 6) is 0.136. The fraction of sp³-hybridized carbons (Fsp3) is 0.294. The number of ketones is 1. The summed E-state index contributed by atoms with van der Waals surface area (Å²) in [5.41, 5.74) is 3.02. The molecule has 0 amide bonds. The average molecular weight is 283 g/mol. The molecule has 20 heavy (non-hydrogen) atoms. The van der Waals surface area contributed by atoms with E-state index in [1.807, 2.05) is 36.6 Å². The lowest BCUT2D eigenvalue weighted by molar-refractivity contribution is 0.0949. The van der Waals surface area contributed by atoms with Crippen LogP contribution in [0.15, 0.2) is 47.5 Å². The molecule has 1 atom stereocenters. The Labute approximate surface area is 123 Å². The van der Waals surface area contributed by atoms with Gasteiger partial charge in [0.2, 0.25) is 0 Å². The van der Waals surface area contributed by atoms with Crippen molar-refractivity contribution < 1.29 is 4.79 Å². The molecule has 1 heterocycles. The summed E-state index contributed by atoms with van der Waals surface area (Å²) in [6.07, 6.45) is 6.85. The summed E-state index contributed by atoms with van der Waals surface area (Å²) in [4.78, 5) is 18.4. The van der Waals surface area contributed by atoms with Crippen molar-refractivity contribution in [3.8, 4) is 0 Å². The largest absolute Gasteiger partial charge is 0.293 e. The van der Waals surface area contributed by atoms with E-state index >= 15 is 0 Å². The van der Waals surface area contributed by atoms with Crippen LogP contribution in [0, 0.1) is 0 Å². The quantitative estimate of drug-likeness (QED) is 0.627. The van der Waals surface area contributed by atoms with Gasteiger partial charge in [-0.25, -0.2) is 0 Å². The van der Waals surface area contributed by atoms with E-state index in [9.17, 15) is 4.79 Å². The van der Waals surface area contributed by atoms with Crippen LogP contribution in [0.5, 0.6) is 0 Å². The van der Waals surface area contributed by atoms with E-state index in [0.29, 0.717) is 0 Å². The number of fused-ring (bicyclic) bond motifs is 1. The monoisotopic (exact) mass is 283 g/mol. The summed E-state index contributed by atoms with van der Waals surface area (Å²) < 4.78 is 0.